The monoisotopic (exact) mass is 345 g/mol. The van der Waals surface area contributed by atoms with E-state index >= 15 is 0 Å². The van der Waals surface area contributed by atoms with Crippen molar-refractivity contribution in [2.45, 2.75) is 10.4 Å². The summed E-state index contributed by atoms with van der Waals surface area (Å²) in [6, 6.07) is 8.48. The fourth-order valence-corrected chi connectivity index (χ4v) is 2.36. The highest BCUT2D eigenvalue weighted by atomic mass is 32.2. The summed E-state index contributed by atoms with van der Waals surface area (Å²) in [6.07, 6.45) is 0. The van der Waals surface area contributed by atoms with Crippen molar-refractivity contribution in [3.8, 4) is 17.6 Å². The molecule has 0 N–H and O–H groups in total. The molecule has 0 saturated heterocycles. The molecule has 9 heteroatoms. The standard InChI is InChI=1S/C14H7F4NO3S/c15-12-7-9(8-19)1-6-13(12)22-10-2-4-11(5-3-10)23(20,21)14(16,17)18/h1-7H. The Morgan fingerprint density at radius 2 is 1.65 bits per heavy atom. The van der Waals surface area contributed by atoms with Crippen molar-refractivity contribution < 1.29 is 30.7 Å². The van der Waals surface area contributed by atoms with Crippen LogP contribution in [-0.4, -0.2) is 13.9 Å². The maximum Gasteiger partial charge on any atom is 0.501 e. The molecule has 0 aliphatic rings. The Kier molecular flexibility index (Phi) is 4.29. The van der Waals surface area contributed by atoms with Gasteiger partial charge in [0, 0.05) is 0 Å². The molecule has 23 heavy (non-hydrogen) atoms. The number of nitrogens with zero attached hydrogens (tertiary/aromatic N) is 1. The van der Waals surface area contributed by atoms with E-state index in [0.29, 0.717) is 12.1 Å². The zero-order chi connectivity index (χ0) is 17.3. The van der Waals surface area contributed by atoms with E-state index in [1.54, 1.807) is 6.07 Å². The van der Waals surface area contributed by atoms with Crippen LogP contribution in [0.15, 0.2) is 47.4 Å². The molecule has 0 bridgehead atoms. The van der Waals surface area contributed by atoms with E-state index in [2.05, 4.69) is 0 Å². The molecule has 0 aromatic heterocycles. The second kappa shape index (κ2) is 5.89. The summed E-state index contributed by atoms with van der Waals surface area (Å²) in [5.74, 6) is -1.15. The van der Waals surface area contributed by atoms with E-state index in [9.17, 15) is 26.0 Å². The summed E-state index contributed by atoms with van der Waals surface area (Å²) >= 11 is 0. The van der Waals surface area contributed by atoms with Crippen LogP contribution >= 0.6 is 0 Å². The van der Waals surface area contributed by atoms with Crippen LogP contribution in [0, 0.1) is 17.1 Å². The summed E-state index contributed by atoms with van der Waals surface area (Å²) in [5, 5.41) is 8.61. The third kappa shape index (κ3) is 3.43. The van der Waals surface area contributed by atoms with Gasteiger partial charge in [-0.25, -0.2) is 12.8 Å². The van der Waals surface area contributed by atoms with E-state index in [-0.39, 0.29) is 17.1 Å². The highest BCUT2D eigenvalue weighted by Gasteiger charge is 2.46. The van der Waals surface area contributed by atoms with Crippen LogP contribution in [0.25, 0.3) is 0 Å². The van der Waals surface area contributed by atoms with Crippen LogP contribution in [0.4, 0.5) is 17.6 Å². The van der Waals surface area contributed by atoms with Gasteiger partial charge in [0.05, 0.1) is 16.5 Å². The SMILES string of the molecule is N#Cc1ccc(Oc2ccc(S(=O)(=O)C(F)(F)F)cc2)c(F)c1. The maximum atomic E-state index is 13.6. The smallest absolute Gasteiger partial charge is 0.454 e. The number of hydrogen-bond donors (Lipinski definition) is 0. The van der Waals surface area contributed by atoms with Crippen molar-refractivity contribution in [1.29, 1.82) is 5.26 Å². The summed E-state index contributed by atoms with van der Waals surface area (Å²) < 4.78 is 78.3. The number of hydrogen-bond acceptors (Lipinski definition) is 4. The van der Waals surface area contributed by atoms with Crippen molar-refractivity contribution in [3.05, 3.63) is 53.8 Å². The number of alkyl halides is 3. The van der Waals surface area contributed by atoms with Crippen molar-refractivity contribution in [2.75, 3.05) is 0 Å². The first-order valence-corrected chi connectivity index (χ1v) is 7.42. The highest BCUT2D eigenvalue weighted by molar-refractivity contribution is 7.92. The summed E-state index contributed by atoms with van der Waals surface area (Å²) in [7, 11) is -5.45. The van der Waals surface area contributed by atoms with E-state index < -0.39 is 26.1 Å². The molecule has 2 aromatic carbocycles. The molecule has 2 rings (SSSR count). The minimum atomic E-state index is -5.45. The molecule has 0 fully saturated rings. The average Bonchev–Trinajstić information content (AvgIpc) is 2.48. The highest BCUT2D eigenvalue weighted by Crippen LogP contribution is 2.32. The van der Waals surface area contributed by atoms with Crippen molar-refractivity contribution in [1.82, 2.24) is 0 Å². The van der Waals surface area contributed by atoms with Gasteiger partial charge in [0.2, 0.25) is 0 Å². The topological polar surface area (TPSA) is 67.2 Å². The molecule has 0 amide bonds. The number of ether oxygens (including phenoxy) is 1. The lowest BCUT2D eigenvalue weighted by Crippen LogP contribution is -2.23. The zero-order valence-corrected chi connectivity index (χ0v) is 12.0. The van der Waals surface area contributed by atoms with Crippen LogP contribution in [-0.2, 0) is 9.84 Å². The second-order valence-electron chi connectivity index (χ2n) is 4.28. The molecule has 0 saturated carbocycles. The number of nitriles is 1. The summed E-state index contributed by atoms with van der Waals surface area (Å²) in [5.41, 5.74) is -5.34. The number of rotatable bonds is 3. The van der Waals surface area contributed by atoms with Gasteiger partial charge < -0.3 is 4.74 Å². The Balaban J connectivity index is 2.27. The quantitative estimate of drug-likeness (QED) is 0.794. The molecule has 2 aromatic rings. The normalized spacial score (nSPS) is 11.8. The van der Waals surface area contributed by atoms with E-state index in [1.807, 2.05) is 0 Å². The molecule has 0 aliphatic heterocycles. The van der Waals surface area contributed by atoms with Crippen molar-refractivity contribution in [3.63, 3.8) is 0 Å². The average molecular weight is 345 g/mol. The van der Waals surface area contributed by atoms with E-state index in [0.717, 1.165) is 18.2 Å². The third-order valence-corrected chi connectivity index (χ3v) is 4.23. The van der Waals surface area contributed by atoms with Crippen LogP contribution in [0.3, 0.4) is 0 Å². The van der Waals surface area contributed by atoms with Gasteiger partial charge in [-0.3, -0.25) is 0 Å². The van der Waals surface area contributed by atoms with Gasteiger partial charge in [0.25, 0.3) is 9.84 Å². The molecule has 0 unspecified atom stereocenters. The Morgan fingerprint density at radius 1 is 1.04 bits per heavy atom. The van der Waals surface area contributed by atoms with Gasteiger partial charge in [0.15, 0.2) is 11.6 Å². The molecule has 120 valence electrons. The number of benzene rings is 2. The molecule has 0 radical (unpaired) electrons. The molecule has 0 atom stereocenters. The Morgan fingerprint density at radius 3 is 2.13 bits per heavy atom. The van der Waals surface area contributed by atoms with Gasteiger partial charge in [-0.15, -0.1) is 0 Å². The Labute approximate surface area is 128 Å². The molecule has 0 aliphatic carbocycles. The van der Waals surface area contributed by atoms with Crippen LogP contribution < -0.4 is 4.74 Å². The van der Waals surface area contributed by atoms with Crippen molar-refractivity contribution in [2.24, 2.45) is 0 Å². The first kappa shape index (κ1) is 16.8. The van der Waals surface area contributed by atoms with Gasteiger partial charge in [0.1, 0.15) is 5.75 Å². The summed E-state index contributed by atoms with van der Waals surface area (Å²) in [6.45, 7) is 0. The van der Waals surface area contributed by atoms with Gasteiger partial charge in [-0.1, -0.05) is 0 Å². The lowest BCUT2D eigenvalue weighted by molar-refractivity contribution is -0.0436. The molecule has 4 nitrogen and oxygen atoms in total. The molecular weight excluding hydrogens is 338 g/mol. The largest absolute Gasteiger partial charge is 0.501 e. The predicted octanol–water partition coefficient (Wildman–Crippen LogP) is 3.78. The lowest BCUT2D eigenvalue weighted by Gasteiger charge is -2.10. The molecular formula is C14H7F4NO3S. The Bertz CT molecular complexity index is 868. The Hall–Kier alpha value is -2.60. The van der Waals surface area contributed by atoms with Crippen LogP contribution in [0.5, 0.6) is 11.5 Å². The predicted molar refractivity (Wildman–Crippen MR) is 70.9 cm³/mol. The van der Waals surface area contributed by atoms with E-state index in [1.165, 1.54) is 12.1 Å². The fraction of sp³-hybridized carbons (Fsp3) is 0.0714. The first-order chi connectivity index (χ1) is 10.6. The zero-order valence-electron chi connectivity index (χ0n) is 11.1. The van der Waals surface area contributed by atoms with E-state index in [4.69, 9.17) is 10.00 Å². The lowest BCUT2D eigenvalue weighted by atomic mass is 10.2. The maximum absolute atomic E-state index is 13.6. The number of halogens is 4. The fourth-order valence-electron chi connectivity index (χ4n) is 1.60. The minimum absolute atomic E-state index is 0.0604. The van der Waals surface area contributed by atoms with Gasteiger partial charge in [-0.05, 0) is 42.5 Å². The van der Waals surface area contributed by atoms with Gasteiger partial charge >= 0.3 is 5.51 Å². The second-order valence-corrected chi connectivity index (χ2v) is 6.22. The number of sulfone groups is 1. The molecule has 0 heterocycles. The summed E-state index contributed by atoms with van der Waals surface area (Å²) in [4.78, 5) is -0.947. The molecule has 0 spiro atoms. The first-order valence-electron chi connectivity index (χ1n) is 5.94. The van der Waals surface area contributed by atoms with Gasteiger partial charge in [-0.2, -0.15) is 18.4 Å². The van der Waals surface area contributed by atoms with Crippen molar-refractivity contribution >= 4 is 9.84 Å². The van der Waals surface area contributed by atoms with Crippen LogP contribution in [0.2, 0.25) is 0 Å². The minimum Gasteiger partial charge on any atom is -0.454 e. The van der Waals surface area contributed by atoms with Crippen LogP contribution in [0.1, 0.15) is 5.56 Å². The third-order valence-electron chi connectivity index (χ3n) is 2.73.